The molecule has 1 aromatic heterocycles. The monoisotopic (exact) mass is 312 g/mol. The summed E-state index contributed by atoms with van der Waals surface area (Å²) in [6.07, 6.45) is 3.31. The van der Waals surface area contributed by atoms with Crippen molar-refractivity contribution in [1.82, 2.24) is 15.1 Å². The number of nitrogens with one attached hydrogen (secondary N) is 2. The lowest BCUT2D eigenvalue weighted by Crippen LogP contribution is -2.41. The lowest BCUT2D eigenvalue weighted by molar-refractivity contribution is -0.122. The predicted molar refractivity (Wildman–Crippen MR) is 84.7 cm³/mol. The highest BCUT2D eigenvalue weighted by Gasteiger charge is 2.13. The predicted octanol–water partition coefficient (Wildman–Crippen LogP) is 1.80. The van der Waals surface area contributed by atoms with Gasteiger partial charge in [-0.1, -0.05) is 17.7 Å². The minimum atomic E-state index is -0.388. The van der Waals surface area contributed by atoms with E-state index in [9.17, 15) is 9.59 Å². The zero-order valence-corrected chi connectivity index (χ0v) is 13.3. The van der Waals surface area contributed by atoms with Crippen LogP contribution in [0.2, 0.25) is 5.02 Å². The maximum Gasteiger partial charge on any atom is 0.287 e. The molecule has 0 unspecified atom stereocenters. The highest BCUT2D eigenvalue weighted by atomic mass is 35.5. The summed E-state index contributed by atoms with van der Waals surface area (Å²) < 4.78 is 1.22. The molecule has 21 heavy (non-hydrogen) atoms. The van der Waals surface area contributed by atoms with Gasteiger partial charge in [0.2, 0.25) is 5.91 Å². The summed E-state index contributed by atoms with van der Waals surface area (Å²) in [5.74, 6) is -0.0703. The van der Waals surface area contributed by atoms with Gasteiger partial charge in [0.05, 0.1) is 18.4 Å². The van der Waals surface area contributed by atoms with Crippen molar-refractivity contribution in [3.63, 3.8) is 0 Å². The highest BCUT2D eigenvalue weighted by Crippen LogP contribution is 2.15. The van der Waals surface area contributed by atoms with E-state index in [4.69, 9.17) is 11.6 Å². The second-order valence-electron chi connectivity index (χ2n) is 5.62. The second-order valence-corrected chi connectivity index (χ2v) is 6.00. The highest BCUT2D eigenvalue weighted by molar-refractivity contribution is 6.32. The van der Waals surface area contributed by atoms with E-state index in [0.717, 1.165) is 0 Å². The molecule has 116 valence electrons. The van der Waals surface area contributed by atoms with Gasteiger partial charge in [0.1, 0.15) is 5.02 Å². The van der Waals surface area contributed by atoms with Crippen molar-refractivity contribution in [2.75, 3.05) is 11.9 Å². The van der Waals surface area contributed by atoms with Crippen molar-refractivity contribution in [1.29, 1.82) is 0 Å². The third-order valence-electron chi connectivity index (χ3n) is 2.47. The first-order chi connectivity index (χ1) is 9.74. The van der Waals surface area contributed by atoms with Crippen LogP contribution in [0.5, 0.6) is 0 Å². The second kappa shape index (κ2) is 7.26. The number of nitrogens with zero attached hydrogens (tertiary/aromatic N) is 2. The Hall–Kier alpha value is -1.82. The van der Waals surface area contributed by atoms with Crippen LogP contribution in [-0.2, 0) is 11.3 Å². The van der Waals surface area contributed by atoms with Gasteiger partial charge in [-0.2, -0.15) is 5.10 Å². The van der Waals surface area contributed by atoms with Gasteiger partial charge >= 0.3 is 0 Å². The lowest BCUT2D eigenvalue weighted by Gasteiger charge is -2.20. The average Bonchev–Trinajstić information content (AvgIpc) is 2.36. The first kappa shape index (κ1) is 17.2. The van der Waals surface area contributed by atoms with Crippen molar-refractivity contribution < 1.29 is 4.79 Å². The van der Waals surface area contributed by atoms with Gasteiger partial charge in [0.15, 0.2) is 0 Å². The number of halogens is 1. The van der Waals surface area contributed by atoms with Gasteiger partial charge in [0.25, 0.3) is 5.56 Å². The minimum absolute atomic E-state index is 0.0584. The number of allylic oxidation sites excluding steroid dienone is 1. The van der Waals surface area contributed by atoms with E-state index in [1.807, 2.05) is 20.8 Å². The number of carbonyl (C=O) groups excluding carboxylic acids is 1. The summed E-state index contributed by atoms with van der Waals surface area (Å²) in [5.41, 5.74) is -0.229. The molecule has 0 aromatic carbocycles. The van der Waals surface area contributed by atoms with E-state index in [2.05, 4.69) is 22.3 Å². The van der Waals surface area contributed by atoms with E-state index in [1.54, 1.807) is 6.08 Å². The van der Waals surface area contributed by atoms with Crippen LogP contribution in [0.1, 0.15) is 27.2 Å². The Labute approximate surface area is 129 Å². The Morgan fingerprint density at radius 1 is 1.52 bits per heavy atom. The molecule has 0 bridgehead atoms. The summed E-state index contributed by atoms with van der Waals surface area (Å²) in [6, 6.07) is 0. The van der Waals surface area contributed by atoms with Crippen molar-refractivity contribution in [2.45, 2.75) is 39.3 Å². The first-order valence-corrected chi connectivity index (χ1v) is 7.04. The van der Waals surface area contributed by atoms with Crippen LogP contribution in [0, 0.1) is 0 Å². The van der Waals surface area contributed by atoms with Crippen LogP contribution in [0.15, 0.2) is 23.6 Å². The molecule has 0 saturated carbocycles. The van der Waals surface area contributed by atoms with Gasteiger partial charge in [0, 0.05) is 18.5 Å². The van der Waals surface area contributed by atoms with Crippen molar-refractivity contribution in [2.24, 2.45) is 0 Å². The Kier molecular flexibility index (Phi) is 5.96. The topological polar surface area (TPSA) is 76.0 Å². The summed E-state index contributed by atoms with van der Waals surface area (Å²) >= 11 is 5.99. The van der Waals surface area contributed by atoms with E-state index in [0.29, 0.717) is 18.8 Å². The van der Waals surface area contributed by atoms with E-state index in [-0.39, 0.29) is 28.4 Å². The van der Waals surface area contributed by atoms with E-state index < -0.39 is 0 Å². The Morgan fingerprint density at radius 3 is 2.76 bits per heavy atom. The summed E-state index contributed by atoms with van der Waals surface area (Å²) in [5, 5.41) is 9.83. The molecule has 0 spiro atoms. The summed E-state index contributed by atoms with van der Waals surface area (Å²) in [4.78, 5) is 23.5. The number of anilines is 1. The van der Waals surface area contributed by atoms with Crippen molar-refractivity contribution in [3.05, 3.63) is 34.2 Å². The molecule has 0 saturated heterocycles. The minimum Gasteiger partial charge on any atom is -0.382 e. The van der Waals surface area contributed by atoms with Crippen LogP contribution < -0.4 is 16.2 Å². The van der Waals surface area contributed by atoms with Crippen LogP contribution in [0.25, 0.3) is 0 Å². The van der Waals surface area contributed by atoms with Crippen molar-refractivity contribution >= 4 is 23.2 Å². The van der Waals surface area contributed by atoms with Crippen LogP contribution in [0.3, 0.4) is 0 Å². The molecule has 1 rings (SSSR count). The smallest absolute Gasteiger partial charge is 0.287 e. The molecule has 0 atom stereocenters. The van der Waals surface area contributed by atoms with Gasteiger partial charge < -0.3 is 10.6 Å². The molecular formula is C14H21ClN4O2. The van der Waals surface area contributed by atoms with Gasteiger partial charge in [-0.05, 0) is 20.8 Å². The molecular weight excluding hydrogens is 292 g/mol. The zero-order valence-electron chi connectivity index (χ0n) is 12.6. The SMILES string of the molecule is C=CCn1ncc(NCCC(=O)NC(C)(C)C)c(Cl)c1=O. The molecule has 7 heteroatoms. The number of carbonyl (C=O) groups is 1. The molecule has 6 nitrogen and oxygen atoms in total. The fourth-order valence-electron chi connectivity index (χ4n) is 1.63. The normalized spacial score (nSPS) is 11.0. The van der Waals surface area contributed by atoms with Crippen molar-refractivity contribution in [3.8, 4) is 0 Å². The third kappa shape index (κ3) is 5.59. The van der Waals surface area contributed by atoms with Crippen LogP contribution >= 0.6 is 11.6 Å². The first-order valence-electron chi connectivity index (χ1n) is 6.66. The van der Waals surface area contributed by atoms with E-state index in [1.165, 1.54) is 10.9 Å². The molecule has 0 aliphatic heterocycles. The summed E-state index contributed by atoms with van der Waals surface area (Å²) in [6.45, 7) is 9.96. The molecule has 0 aliphatic carbocycles. The fourth-order valence-corrected chi connectivity index (χ4v) is 1.85. The quantitative estimate of drug-likeness (QED) is 0.785. The maximum atomic E-state index is 11.9. The molecule has 0 aliphatic rings. The van der Waals surface area contributed by atoms with E-state index >= 15 is 0 Å². The Bertz CT molecular complexity index is 575. The van der Waals surface area contributed by atoms with Gasteiger partial charge in [-0.3, -0.25) is 9.59 Å². The number of aromatic nitrogens is 2. The molecule has 1 amide bonds. The number of amides is 1. The third-order valence-corrected chi connectivity index (χ3v) is 2.83. The zero-order chi connectivity index (χ0) is 16.0. The fraction of sp³-hybridized carbons (Fsp3) is 0.500. The van der Waals surface area contributed by atoms with Gasteiger partial charge in [-0.15, -0.1) is 6.58 Å². The van der Waals surface area contributed by atoms with Gasteiger partial charge in [-0.25, -0.2) is 4.68 Å². The summed E-state index contributed by atoms with van der Waals surface area (Å²) in [7, 11) is 0. The Balaban J connectivity index is 2.61. The molecule has 0 radical (unpaired) electrons. The average molecular weight is 313 g/mol. The molecule has 2 N–H and O–H groups in total. The molecule has 1 aromatic rings. The largest absolute Gasteiger partial charge is 0.382 e. The molecule has 0 fully saturated rings. The number of hydrogen-bond donors (Lipinski definition) is 2. The van der Waals surface area contributed by atoms with Crippen LogP contribution in [0.4, 0.5) is 5.69 Å². The number of rotatable bonds is 6. The molecule has 1 heterocycles. The van der Waals surface area contributed by atoms with Crippen LogP contribution in [-0.4, -0.2) is 27.8 Å². The Morgan fingerprint density at radius 2 is 2.19 bits per heavy atom. The number of hydrogen-bond acceptors (Lipinski definition) is 4. The maximum absolute atomic E-state index is 11.9. The lowest BCUT2D eigenvalue weighted by atomic mass is 10.1. The standard InChI is InChI=1S/C14H21ClN4O2/c1-5-8-19-13(21)12(15)10(9-17-19)16-7-6-11(20)18-14(2,3)4/h5,9,16H,1,6-8H2,2-4H3,(H,18,20).